The molecule has 0 fully saturated rings. The molecule has 4 nitrogen and oxygen atoms in total. The molecule has 3 aromatic carbocycles. The topological polar surface area (TPSA) is 48.2 Å². The summed E-state index contributed by atoms with van der Waals surface area (Å²) in [5, 5.41) is 5.49. The van der Waals surface area contributed by atoms with Gasteiger partial charge in [0.2, 0.25) is 8.32 Å². The van der Waals surface area contributed by atoms with Gasteiger partial charge in [-0.15, -0.1) is 23.1 Å². The number of benzene rings is 3. The number of thioether (sulfide) groups is 1. The van der Waals surface area contributed by atoms with Crippen molar-refractivity contribution < 1.29 is 13.3 Å². The smallest absolute Gasteiger partial charge is 0.250 e. The molecule has 0 spiro atoms. The minimum atomic E-state index is -1.95. The van der Waals surface area contributed by atoms with Crippen LogP contribution in [0.15, 0.2) is 82.2 Å². The van der Waals surface area contributed by atoms with Gasteiger partial charge in [-0.25, -0.2) is 9.37 Å². The quantitative estimate of drug-likeness (QED) is 0.120. The van der Waals surface area contributed by atoms with Crippen LogP contribution in [0.5, 0.6) is 5.75 Å². The molecule has 8 heteroatoms. The van der Waals surface area contributed by atoms with Crippen LogP contribution in [0.3, 0.4) is 0 Å². The van der Waals surface area contributed by atoms with E-state index in [1.54, 1.807) is 35.2 Å². The summed E-state index contributed by atoms with van der Waals surface area (Å²) in [4.78, 5) is 7.35. The Bertz CT molecular complexity index is 1700. The number of aryl methyl sites for hydroxylation is 3. The molecule has 1 atom stereocenters. The van der Waals surface area contributed by atoms with Gasteiger partial charge in [-0.3, -0.25) is 0 Å². The Morgan fingerprint density at radius 2 is 1.60 bits per heavy atom. The number of thiazole rings is 1. The molecule has 224 valence electrons. The van der Waals surface area contributed by atoms with Crippen molar-refractivity contribution in [3.05, 3.63) is 106 Å². The molecule has 5 aromatic rings. The number of aromatic nitrogens is 2. The summed E-state index contributed by atoms with van der Waals surface area (Å²) in [6.07, 6.45) is 0.635. The highest BCUT2D eigenvalue weighted by Gasteiger charge is 2.39. The van der Waals surface area contributed by atoms with Crippen LogP contribution in [-0.2, 0) is 6.42 Å². The number of rotatable bonds is 9. The molecule has 0 N–H and O–H groups in total. The number of nitrogens with zero attached hydrogens (tertiary/aromatic N) is 2. The van der Waals surface area contributed by atoms with Crippen LogP contribution < -0.4 is 4.43 Å². The van der Waals surface area contributed by atoms with Crippen molar-refractivity contribution in [2.24, 2.45) is 0 Å². The Morgan fingerprint density at radius 3 is 2.26 bits per heavy atom. The van der Waals surface area contributed by atoms with Crippen LogP contribution in [0, 0.1) is 26.6 Å². The summed E-state index contributed by atoms with van der Waals surface area (Å²) < 4.78 is 26.0. The van der Waals surface area contributed by atoms with Crippen molar-refractivity contribution in [3.8, 4) is 27.6 Å². The molecule has 1 unspecified atom stereocenters. The van der Waals surface area contributed by atoms with Gasteiger partial charge in [-0.05, 0) is 86.9 Å². The molecule has 5 rings (SSSR count). The lowest BCUT2D eigenvalue weighted by Crippen LogP contribution is -2.44. The van der Waals surface area contributed by atoms with Crippen LogP contribution in [0.25, 0.3) is 21.8 Å². The zero-order valence-electron chi connectivity index (χ0n) is 26.1. The van der Waals surface area contributed by atoms with Gasteiger partial charge in [0.05, 0.1) is 10.9 Å². The fraction of sp³-hybridized carbons (Fsp3) is 0.314. The largest absolute Gasteiger partial charge is 0.543 e. The predicted octanol–water partition coefficient (Wildman–Crippen LogP) is 11.0. The zero-order chi connectivity index (χ0) is 30.9. The lowest BCUT2D eigenvalue weighted by molar-refractivity contribution is 0.384. The highest BCUT2D eigenvalue weighted by atomic mass is 32.2. The zero-order valence-corrected chi connectivity index (χ0v) is 28.8. The van der Waals surface area contributed by atoms with Crippen LogP contribution in [0.4, 0.5) is 4.39 Å². The van der Waals surface area contributed by atoms with Crippen molar-refractivity contribution in [2.75, 3.05) is 0 Å². The summed E-state index contributed by atoms with van der Waals surface area (Å²) in [5.74, 6) is 1.46. The minimum absolute atomic E-state index is 0.0530. The van der Waals surface area contributed by atoms with Gasteiger partial charge in [0.25, 0.3) is 0 Å². The fourth-order valence-corrected chi connectivity index (χ4v) is 8.14. The normalized spacial score (nSPS) is 12.9. The standard InChI is InChI=1S/C35H39FN2O2S2Si/c1-22-9-11-26(12-10-22)34-37-24(3)33(42-34)32(21-28-20-30(38-39-28)25-13-15-27(36)16-14-25)41-29-17-18-31(23(2)19-29)40-43(7,8)35(4,5)6/h9-20,32H,21H2,1-8H3. The van der Waals surface area contributed by atoms with Crippen molar-refractivity contribution in [1.29, 1.82) is 0 Å². The number of hydrogen-bond acceptors (Lipinski definition) is 6. The maximum atomic E-state index is 13.5. The molecule has 2 aromatic heterocycles. The Balaban J connectivity index is 1.46. The SMILES string of the molecule is Cc1ccc(-c2nc(C)c(C(Cc3cc(-c4ccc(F)cc4)no3)Sc3ccc(O[Si](C)(C)C(C)(C)C)c(C)c3)s2)cc1. The molecule has 0 saturated heterocycles. The first kappa shape index (κ1) is 31.2. The summed E-state index contributed by atoms with van der Waals surface area (Å²) in [7, 11) is -1.95. The van der Waals surface area contributed by atoms with Gasteiger partial charge in [-0.1, -0.05) is 55.8 Å². The van der Waals surface area contributed by atoms with Gasteiger partial charge in [0.1, 0.15) is 28.0 Å². The van der Waals surface area contributed by atoms with Crippen LogP contribution in [0.2, 0.25) is 18.1 Å². The molecule has 0 aliphatic rings. The first-order chi connectivity index (χ1) is 20.3. The van der Waals surface area contributed by atoms with Crippen LogP contribution in [0.1, 0.15) is 53.5 Å². The second kappa shape index (κ2) is 12.4. The average molecular weight is 631 g/mol. The number of halogens is 1. The number of hydrogen-bond donors (Lipinski definition) is 0. The van der Waals surface area contributed by atoms with Crippen molar-refractivity contribution in [1.82, 2.24) is 10.1 Å². The second-order valence-electron chi connectivity index (χ2n) is 12.6. The van der Waals surface area contributed by atoms with E-state index in [1.165, 1.54) is 22.6 Å². The molecule has 2 heterocycles. The Hall–Kier alpha value is -3.20. The van der Waals surface area contributed by atoms with Crippen LogP contribution in [-0.4, -0.2) is 18.5 Å². The summed E-state index contributed by atoms with van der Waals surface area (Å²) in [6.45, 7) is 17.6. The van der Waals surface area contributed by atoms with E-state index < -0.39 is 8.32 Å². The average Bonchev–Trinajstić information content (AvgIpc) is 3.56. The van der Waals surface area contributed by atoms with E-state index in [4.69, 9.17) is 13.9 Å². The van der Waals surface area contributed by atoms with E-state index in [-0.39, 0.29) is 16.1 Å². The van der Waals surface area contributed by atoms with Crippen molar-refractivity contribution in [3.63, 3.8) is 0 Å². The van der Waals surface area contributed by atoms with Gasteiger partial charge >= 0.3 is 0 Å². The molecule has 43 heavy (non-hydrogen) atoms. The Kier molecular flexibility index (Phi) is 9.02. The van der Waals surface area contributed by atoms with E-state index in [2.05, 4.69) is 102 Å². The van der Waals surface area contributed by atoms with E-state index in [9.17, 15) is 4.39 Å². The van der Waals surface area contributed by atoms with Gasteiger partial charge in [-0.2, -0.15) is 0 Å². The second-order valence-corrected chi connectivity index (χ2v) is 19.7. The van der Waals surface area contributed by atoms with Crippen LogP contribution >= 0.6 is 23.1 Å². The van der Waals surface area contributed by atoms with Gasteiger partial charge < -0.3 is 8.95 Å². The molecule has 0 saturated carbocycles. The third-order valence-corrected chi connectivity index (χ3v) is 15.1. The minimum Gasteiger partial charge on any atom is -0.543 e. The fourth-order valence-electron chi connectivity index (χ4n) is 4.47. The monoisotopic (exact) mass is 630 g/mol. The third-order valence-electron chi connectivity index (χ3n) is 8.10. The van der Waals surface area contributed by atoms with Gasteiger partial charge in [0.15, 0.2) is 0 Å². The lowest BCUT2D eigenvalue weighted by Gasteiger charge is -2.37. The van der Waals surface area contributed by atoms with E-state index in [0.717, 1.165) is 43.8 Å². The molecule has 0 radical (unpaired) electrons. The van der Waals surface area contributed by atoms with E-state index in [1.807, 2.05) is 6.07 Å². The predicted molar refractivity (Wildman–Crippen MR) is 180 cm³/mol. The lowest BCUT2D eigenvalue weighted by atomic mass is 10.1. The maximum Gasteiger partial charge on any atom is 0.250 e. The Labute approximate surface area is 263 Å². The summed E-state index contributed by atoms with van der Waals surface area (Å²) in [5.41, 5.74) is 6.02. The molecule has 0 bridgehead atoms. The summed E-state index contributed by atoms with van der Waals surface area (Å²) in [6, 6.07) is 23.3. The van der Waals surface area contributed by atoms with E-state index >= 15 is 0 Å². The first-order valence-corrected chi connectivity index (χ1v) is 19.1. The summed E-state index contributed by atoms with van der Waals surface area (Å²) >= 11 is 3.54. The van der Waals surface area contributed by atoms with E-state index in [0.29, 0.717) is 12.1 Å². The Morgan fingerprint density at radius 1 is 0.930 bits per heavy atom. The molecule has 0 amide bonds. The molecule has 0 aliphatic heterocycles. The van der Waals surface area contributed by atoms with Crippen molar-refractivity contribution >= 4 is 31.4 Å². The molecular formula is C35H39FN2O2S2Si. The van der Waals surface area contributed by atoms with Gasteiger partial charge in [0, 0.05) is 33.4 Å². The van der Waals surface area contributed by atoms with Crippen molar-refractivity contribution in [2.45, 2.75) is 76.2 Å². The molecular weight excluding hydrogens is 592 g/mol. The highest BCUT2D eigenvalue weighted by molar-refractivity contribution is 7.99. The first-order valence-electron chi connectivity index (χ1n) is 14.5. The third kappa shape index (κ3) is 7.31. The maximum absolute atomic E-state index is 13.5. The highest BCUT2D eigenvalue weighted by Crippen LogP contribution is 2.45. The molecule has 0 aliphatic carbocycles.